The first kappa shape index (κ1) is 14.9. The molecule has 1 aromatic heterocycles. The molecule has 1 N–H and O–H groups in total. The smallest absolute Gasteiger partial charge is 0.189 e. The van der Waals surface area contributed by atoms with Crippen molar-refractivity contribution in [2.45, 2.75) is 39.5 Å². The molecule has 5 heteroatoms. The predicted octanol–water partition coefficient (Wildman–Crippen LogP) is 2.86. The molecule has 0 amide bonds. The van der Waals surface area contributed by atoms with Crippen molar-refractivity contribution < 1.29 is 0 Å². The van der Waals surface area contributed by atoms with E-state index in [4.69, 9.17) is 12.2 Å². The molecule has 0 bridgehead atoms. The third-order valence-corrected chi connectivity index (χ3v) is 3.82. The van der Waals surface area contributed by atoms with E-state index in [0.717, 1.165) is 35.3 Å². The van der Waals surface area contributed by atoms with Gasteiger partial charge >= 0.3 is 0 Å². The van der Waals surface area contributed by atoms with Gasteiger partial charge in [-0.2, -0.15) is 5.10 Å². The lowest BCUT2D eigenvalue weighted by Gasteiger charge is -2.22. The fourth-order valence-corrected chi connectivity index (χ4v) is 2.51. The second-order valence-electron chi connectivity index (χ2n) is 5.18. The Morgan fingerprint density at radius 1 is 1.25 bits per heavy atom. The zero-order valence-corrected chi connectivity index (χ0v) is 13.0. The van der Waals surface area contributed by atoms with Gasteiger partial charge in [0.1, 0.15) is 0 Å². The number of aryl methyl sites for hydroxylation is 1. The van der Waals surface area contributed by atoms with Crippen molar-refractivity contribution in [1.82, 2.24) is 15.3 Å². The lowest BCUT2D eigenvalue weighted by molar-refractivity contribution is 0.428. The van der Waals surface area contributed by atoms with Gasteiger partial charge in [-0.05, 0) is 51.0 Å². The molecule has 2 rings (SSSR count). The van der Waals surface area contributed by atoms with E-state index in [-0.39, 0.29) is 0 Å². The van der Waals surface area contributed by atoms with Gasteiger partial charge in [-0.1, -0.05) is 18.9 Å². The minimum Gasteiger partial charge on any atom is -0.348 e. The highest BCUT2D eigenvalue weighted by Crippen LogP contribution is 2.09. The van der Waals surface area contributed by atoms with Crippen molar-refractivity contribution in [2.75, 3.05) is 13.1 Å². The number of thiocarbonyl (C=S) groups is 1. The monoisotopic (exact) mass is 290 g/mol. The summed E-state index contributed by atoms with van der Waals surface area (Å²) in [6.45, 7) is 5.98. The second kappa shape index (κ2) is 7.33. The average molecular weight is 290 g/mol. The first-order valence-corrected chi connectivity index (χ1v) is 7.61. The highest BCUT2D eigenvalue weighted by Gasteiger charge is 2.11. The van der Waals surface area contributed by atoms with Crippen LogP contribution >= 0.6 is 12.2 Å². The molecule has 0 radical (unpaired) electrons. The van der Waals surface area contributed by atoms with Gasteiger partial charge < -0.3 is 4.90 Å². The van der Waals surface area contributed by atoms with Crippen molar-refractivity contribution in [1.29, 1.82) is 0 Å². The van der Waals surface area contributed by atoms with Gasteiger partial charge in [-0.3, -0.25) is 10.4 Å². The molecule has 1 fully saturated rings. The van der Waals surface area contributed by atoms with Crippen LogP contribution in [0.15, 0.2) is 23.3 Å². The van der Waals surface area contributed by atoms with E-state index in [1.54, 1.807) is 0 Å². The standard InChI is InChI=1S/C15H22N4S/c1-12-8-7-9-14(16-12)13(2)17-18-15(20)19-10-5-3-4-6-11-19/h7-9H,3-6,10-11H2,1-2H3,(H,18,20)/b17-13+. The molecule has 0 unspecified atom stereocenters. The van der Waals surface area contributed by atoms with Crippen LogP contribution in [0.4, 0.5) is 0 Å². The molecule has 108 valence electrons. The largest absolute Gasteiger partial charge is 0.348 e. The summed E-state index contributed by atoms with van der Waals surface area (Å²) in [5.41, 5.74) is 5.73. The Hall–Kier alpha value is -1.49. The van der Waals surface area contributed by atoms with Crippen LogP contribution in [0.2, 0.25) is 0 Å². The van der Waals surface area contributed by atoms with Crippen LogP contribution in [0.3, 0.4) is 0 Å². The molecule has 0 aliphatic carbocycles. The van der Waals surface area contributed by atoms with E-state index >= 15 is 0 Å². The molecule has 1 aliphatic heterocycles. The summed E-state index contributed by atoms with van der Waals surface area (Å²) in [6.07, 6.45) is 5.02. The molecule has 20 heavy (non-hydrogen) atoms. The van der Waals surface area contributed by atoms with Crippen molar-refractivity contribution in [3.05, 3.63) is 29.6 Å². The SMILES string of the molecule is C/C(=N\NC(=S)N1CCCCCC1)c1cccc(C)n1. The summed E-state index contributed by atoms with van der Waals surface area (Å²) in [6, 6.07) is 5.93. The van der Waals surface area contributed by atoms with Crippen molar-refractivity contribution in [3.8, 4) is 0 Å². The molecule has 0 saturated carbocycles. The Kier molecular flexibility index (Phi) is 5.47. The van der Waals surface area contributed by atoms with E-state index in [1.807, 2.05) is 32.0 Å². The van der Waals surface area contributed by atoms with Gasteiger partial charge in [0.25, 0.3) is 0 Å². The van der Waals surface area contributed by atoms with Crippen LogP contribution in [0.25, 0.3) is 0 Å². The quantitative estimate of drug-likeness (QED) is 0.516. The van der Waals surface area contributed by atoms with E-state index in [2.05, 4.69) is 20.4 Å². The lowest BCUT2D eigenvalue weighted by atomic mass is 10.2. The third kappa shape index (κ3) is 4.27. The number of hydrogen-bond acceptors (Lipinski definition) is 3. The van der Waals surface area contributed by atoms with Crippen molar-refractivity contribution in [3.63, 3.8) is 0 Å². The Morgan fingerprint density at radius 3 is 2.60 bits per heavy atom. The van der Waals surface area contributed by atoms with Crippen LogP contribution in [-0.2, 0) is 0 Å². The summed E-state index contributed by atoms with van der Waals surface area (Å²) < 4.78 is 0. The Morgan fingerprint density at radius 2 is 1.95 bits per heavy atom. The fraction of sp³-hybridized carbons (Fsp3) is 0.533. The van der Waals surface area contributed by atoms with Gasteiger partial charge in [-0.25, -0.2) is 0 Å². The van der Waals surface area contributed by atoms with Crippen LogP contribution in [0.5, 0.6) is 0 Å². The molecular weight excluding hydrogens is 268 g/mol. The normalized spacial score (nSPS) is 16.7. The Bertz CT molecular complexity index is 490. The van der Waals surface area contributed by atoms with Crippen LogP contribution in [0.1, 0.15) is 44.0 Å². The lowest BCUT2D eigenvalue weighted by Crippen LogP contribution is -2.38. The number of aromatic nitrogens is 1. The number of likely N-dealkylation sites (tertiary alicyclic amines) is 1. The van der Waals surface area contributed by atoms with Crippen LogP contribution in [-0.4, -0.2) is 33.8 Å². The van der Waals surface area contributed by atoms with Gasteiger partial charge in [0.2, 0.25) is 0 Å². The van der Waals surface area contributed by atoms with Gasteiger partial charge in [-0.15, -0.1) is 0 Å². The Balaban J connectivity index is 1.95. The zero-order valence-electron chi connectivity index (χ0n) is 12.2. The highest BCUT2D eigenvalue weighted by atomic mass is 32.1. The summed E-state index contributed by atoms with van der Waals surface area (Å²) in [4.78, 5) is 6.66. The van der Waals surface area contributed by atoms with Gasteiger partial charge in [0.05, 0.1) is 11.4 Å². The minimum absolute atomic E-state index is 0.721. The van der Waals surface area contributed by atoms with E-state index in [0.29, 0.717) is 0 Å². The summed E-state index contributed by atoms with van der Waals surface area (Å²) in [7, 11) is 0. The predicted molar refractivity (Wildman–Crippen MR) is 87.0 cm³/mol. The number of rotatable bonds is 2. The molecule has 2 heterocycles. The minimum atomic E-state index is 0.721. The number of hydrazone groups is 1. The average Bonchev–Trinajstić information content (AvgIpc) is 2.73. The summed E-state index contributed by atoms with van der Waals surface area (Å²) in [5, 5.41) is 5.08. The molecule has 1 aliphatic rings. The first-order valence-electron chi connectivity index (χ1n) is 7.20. The van der Waals surface area contributed by atoms with E-state index < -0.39 is 0 Å². The molecule has 0 atom stereocenters. The maximum Gasteiger partial charge on any atom is 0.189 e. The highest BCUT2D eigenvalue weighted by molar-refractivity contribution is 7.80. The number of nitrogens with zero attached hydrogens (tertiary/aromatic N) is 3. The van der Waals surface area contributed by atoms with Crippen molar-refractivity contribution in [2.24, 2.45) is 5.10 Å². The molecule has 1 saturated heterocycles. The van der Waals surface area contributed by atoms with Crippen LogP contribution < -0.4 is 5.43 Å². The Labute approximate surface area is 126 Å². The molecule has 1 aromatic rings. The maximum atomic E-state index is 5.42. The number of nitrogens with one attached hydrogen (secondary N) is 1. The van der Waals surface area contributed by atoms with Gasteiger partial charge in [0.15, 0.2) is 5.11 Å². The maximum absolute atomic E-state index is 5.42. The molecular formula is C15H22N4S. The van der Waals surface area contributed by atoms with E-state index in [1.165, 1.54) is 25.7 Å². The molecule has 0 spiro atoms. The van der Waals surface area contributed by atoms with Crippen molar-refractivity contribution >= 4 is 23.0 Å². The number of hydrogen-bond donors (Lipinski definition) is 1. The summed E-state index contributed by atoms with van der Waals surface area (Å²) in [5.74, 6) is 0. The molecule has 4 nitrogen and oxygen atoms in total. The zero-order chi connectivity index (χ0) is 14.4. The fourth-order valence-electron chi connectivity index (χ4n) is 2.28. The summed E-state index contributed by atoms with van der Waals surface area (Å²) >= 11 is 5.42. The topological polar surface area (TPSA) is 40.5 Å². The van der Waals surface area contributed by atoms with Crippen LogP contribution in [0, 0.1) is 6.92 Å². The molecule has 0 aromatic carbocycles. The first-order chi connectivity index (χ1) is 9.66. The second-order valence-corrected chi connectivity index (χ2v) is 5.57. The third-order valence-electron chi connectivity index (χ3n) is 3.47. The van der Waals surface area contributed by atoms with E-state index in [9.17, 15) is 0 Å². The van der Waals surface area contributed by atoms with Gasteiger partial charge in [0, 0.05) is 18.8 Å². The number of pyridine rings is 1.